The average Bonchev–Trinajstić information content (AvgIpc) is 3.05. The van der Waals surface area contributed by atoms with E-state index >= 15 is 0 Å². The second-order valence-corrected chi connectivity index (χ2v) is 18.8. The van der Waals surface area contributed by atoms with Crippen molar-refractivity contribution in [3.63, 3.8) is 0 Å². The largest absolute Gasteiger partial charge is 0.375 e. The molecule has 48 heavy (non-hydrogen) atoms. The second kappa shape index (κ2) is 24.1. The Morgan fingerprint density at radius 2 is 0.792 bits per heavy atom. The molecule has 1 nitrogen and oxygen atoms in total. The van der Waals surface area contributed by atoms with E-state index in [0.717, 1.165) is 41.4 Å². The van der Waals surface area contributed by atoms with Crippen molar-refractivity contribution in [3.05, 3.63) is 0 Å². The summed E-state index contributed by atoms with van der Waals surface area (Å²) in [5.74, 6) is 6.77. The van der Waals surface area contributed by atoms with Crippen LogP contribution in [-0.2, 0) is 4.74 Å². The van der Waals surface area contributed by atoms with E-state index in [4.69, 9.17) is 4.74 Å². The summed E-state index contributed by atoms with van der Waals surface area (Å²) in [6.45, 7) is 29.9. The molecular formula is C45H88F2O. The first-order chi connectivity index (χ1) is 22.4. The van der Waals surface area contributed by atoms with Crippen LogP contribution < -0.4 is 0 Å². The van der Waals surface area contributed by atoms with Crippen molar-refractivity contribution in [3.8, 4) is 0 Å². The molecule has 4 fully saturated rings. The Bertz CT molecular complexity index is 745. The van der Waals surface area contributed by atoms with Crippen molar-refractivity contribution in [1.82, 2.24) is 0 Å². The topological polar surface area (TPSA) is 9.23 Å². The van der Waals surface area contributed by atoms with Gasteiger partial charge in [0.15, 0.2) is 0 Å². The minimum Gasteiger partial charge on any atom is -0.375 e. The van der Waals surface area contributed by atoms with E-state index in [1.807, 2.05) is 0 Å². The number of rotatable bonds is 9. The molecule has 0 aliphatic heterocycles. The summed E-state index contributed by atoms with van der Waals surface area (Å²) in [5.41, 5.74) is 0. The van der Waals surface area contributed by atoms with Crippen molar-refractivity contribution >= 4 is 0 Å². The highest BCUT2D eigenvalue weighted by molar-refractivity contribution is 4.81. The third-order valence-electron chi connectivity index (χ3n) is 13.8. The fourth-order valence-electron chi connectivity index (χ4n) is 8.35. The van der Waals surface area contributed by atoms with Gasteiger partial charge in [-0.3, -0.25) is 0 Å². The Balaban J connectivity index is 0.000000320. The molecule has 0 heterocycles. The molecule has 4 aliphatic rings. The Morgan fingerprint density at radius 1 is 0.438 bits per heavy atom. The zero-order chi connectivity index (χ0) is 36.4. The van der Waals surface area contributed by atoms with Crippen molar-refractivity contribution in [1.29, 1.82) is 0 Å². The van der Waals surface area contributed by atoms with Gasteiger partial charge in [0, 0.05) is 12.8 Å². The van der Waals surface area contributed by atoms with E-state index in [-0.39, 0.29) is 12.8 Å². The lowest BCUT2D eigenvalue weighted by Crippen LogP contribution is -2.29. The lowest BCUT2D eigenvalue weighted by atomic mass is 9.73. The molecule has 0 aromatic rings. The van der Waals surface area contributed by atoms with Gasteiger partial charge in [0.25, 0.3) is 0 Å². The molecule has 3 heteroatoms. The molecule has 0 amide bonds. The summed E-state index contributed by atoms with van der Waals surface area (Å²) in [6, 6.07) is 0. The van der Waals surface area contributed by atoms with Crippen LogP contribution >= 0.6 is 0 Å². The maximum absolute atomic E-state index is 12.8. The first kappa shape index (κ1) is 45.8. The Kier molecular flexibility index (Phi) is 23.0. The lowest BCUT2D eigenvalue weighted by molar-refractivity contribution is -0.0537. The van der Waals surface area contributed by atoms with Gasteiger partial charge in [0.05, 0.1) is 12.2 Å². The van der Waals surface area contributed by atoms with E-state index in [2.05, 4.69) is 90.0 Å². The second-order valence-electron chi connectivity index (χ2n) is 18.8. The molecule has 0 aromatic carbocycles. The van der Waals surface area contributed by atoms with Crippen LogP contribution in [0, 0.1) is 65.1 Å². The molecule has 288 valence electrons. The molecule has 0 bridgehead atoms. The van der Waals surface area contributed by atoms with E-state index in [0.29, 0.717) is 48.7 Å². The van der Waals surface area contributed by atoms with E-state index in [9.17, 15) is 8.78 Å². The summed E-state index contributed by atoms with van der Waals surface area (Å²) in [5, 5.41) is 0. The average molecular weight is 683 g/mol. The fourth-order valence-corrected chi connectivity index (χ4v) is 8.35. The van der Waals surface area contributed by atoms with Gasteiger partial charge >= 0.3 is 0 Å². The van der Waals surface area contributed by atoms with Gasteiger partial charge in [-0.2, -0.15) is 0 Å². The molecule has 0 radical (unpaired) electrons. The molecular weight excluding hydrogens is 594 g/mol. The van der Waals surface area contributed by atoms with Crippen molar-refractivity contribution in [2.45, 2.75) is 224 Å². The van der Waals surface area contributed by atoms with E-state index < -0.39 is 5.92 Å². The number of hydrogen-bond acceptors (Lipinski definition) is 1. The van der Waals surface area contributed by atoms with Crippen LogP contribution in [0.3, 0.4) is 0 Å². The Labute approximate surface area is 301 Å². The highest BCUT2D eigenvalue weighted by Crippen LogP contribution is 2.41. The maximum atomic E-state index is 12.8. The summed E-state index contributed by atoms with van der Waals surface area (Å²) < 4.78 is 31.6. The normalized spacial score (nSPS) is 26.8. The van der Waals surface area contributed by atoms with Gasteiger partial charge < -0.3 is 4.74 Å². The van der Waals surface area contributed by atoms with Crippen LogP contribution in [0.4, 0.5) is 8.78 Å². The van der Waals surface area contributed by atoms with Gasteiger partial charge in [-0.1, -0.05) is 147 Å². The van der Waals surface area contributed by atoms with Gasteiger partial charge in [-0.15, -0.1) is 0 Å². The van der Waals surface area contributed by atoms with Crippen molar-refractivity contribution < 1.29 is 13.5 Å². The van der Waals surface area contributed by atoms with Crippen LogP contribution in [0.25, 0.3) is 0 Å². The molecule has 4 saturated carbocycles. The standard InChI is InChI=1S/C12H24.C11H20F2.C11H22O.C11H22/c1-9(2)11(4)12-7-5-10(3)6-8-12;1-8(2)9(3)10-4-6-11(12,13)7-5-10;1-9(2)10(3)12-11-7-5-4-6-8-11;1-9(2)10(3)11-7-5-4-6-8-11/h9-12H,5-8H2,1-4H3;8-10H,4-7H2,1-3H3;9-11H,4-8H2,1-3H3;9-11H,4-8H2,1-3H3. The molecule has 0 spiro atoms. The van der Waals surface area contributed by atoms with E-state index in [1.54, 1.807) is 0 Å². The number of hydrogen-bond donors (Lipinski definition) is 0. The predicted octanol–water partition coefficient (Wildman–Crippen LogP) is 15.4. The number of halogens is 2. The van der Waals surface area contributed by atoms with E-state index in [1.165, 1.54) is 89.9 Å². The highest BCUT2D eigenvalue weighted by Gasteiger charge is 2.37. The quantitative estimate of drug-likeness (QED) is 0.235. The van der Waals surface area contributed by atoms with Gasteiger partial charge in [0.1, 0.15) is 0 Å². The molecule has 0 saturated heterocycles. The summed E-state index contributed by atoms with van der Waals surface area (Å²) in [7, 11) is 0. The van der Waals surface area contributed by atoms with Crippen molar-refractivity contribution in [2.75, 3.05) is 0 Å². The third-order valence-corrected chi connectivity index (χ3v) is 13.8. The van der Waals surface area contributed by atoms with Crippen LogP contribution in [-0.4, -0.2) is 18.1 Å². The van der Waals surface area contributed by atoms with Crippen LogP contribution in [0.15, 0.2) is 0 Å². The Morgan fingerprint density at radius 3 is 1.17 bits per heavy atom. The first-order valence-corrected chi connectivity index (χ1v) is 21.5. The number of alkyl halides is 2. The molecule has 0 aromatic heterocycles. The molecule has 4 rings (SSSR count). The molecule has 4 aliphatic carbocycles. The minimum atomic E-state index is -2.37. The summed E-state index contributed by atoms with van der Waals surface area (Å²) >= 11 is 0. The monoisotopic (exact) mass is 683 g/mol. The summed E-state index contributed by atoms with van der Waals surface area (Å²) in [4.78, 5) is 0. The zero-order valence-electron chi connectivity index (χ0n) is 34.9. The zero-order valence-corrected chi connectivity index (χ0v) is 34.9. The summed E-state index contributed by atoms with van der Waals surface area (Å²) in [6.07, 6.45) is 22.8. The first-order valence-electron chi connectivity index (χ1n) is 21.5. The van der Waals surface area contributed by atoms with Crippen LogP contribution in [0.2, 0.25) is 0 Å². The highest BCUT2D eigenvalue weighted by atomic mass is 19.3. The van der Waals surface area contributed by atoms with Gasteiger partial charge in [-0.05, 0) is 111 Å². The molecule has 4 unspecified atom stereocenters. The molecule has 0 N–H and O–H groups in total. The molecule has 4 atom stereocenters. The van der Waals surface area contributed by atoms with Gasteiger partial charge in [-0.25, -0.2) is 8.78 Å². The predicted molar refractivity (Wildman–Crippen MR) is 209 cm³/mol. The van der Waals surface area contributed by atoms with Crippen LogP contribution in [0.5, 0.6) is 0 Å². The Hall–Kier alpha value is -0.180. The SMILES string of the molecule is CC(C)C(C)C1CCC(F)(F)CC1.CC(C)C(C)C1CCCCC1.CC(C)C(C)OC1CCCCC1.CC1CCC(C(C)C(C)C)CC1. The van der Waals surface area contributed by atoms with Gasteiger partial charge in [0.2, 0.25) is 5.92 Å². The third kappa shape index (κ3) is 18.9. The minimum absolute atomic E-state index is 0.106. The number of ether oxygens (including phenoxy) is 1. The van der Waals surface area contributed by atoms with Crippen LogP contribution in [0.1, 0.15) is 206 Å². The fraction of sp³-hybridized carbons (Fsp3) is 1.00. The lowest BCUT2D eigenvalue weighted by Gasteiger charge is -2.33. The maximum Gasteiger partial charge on any atom is 0.248 e. The smallest absolute Gasteiger partial charge is 0.248 e. The van der Waals surface area contributed by atoms with Crippen molar-refractivity contribution in [2.24, 2.45) is 65.1 Å².